The van der Waals surface area contributed by atoms with Crippen LogP contribution in [0.1, 0.15) is 21.5 Å². The van der Waals surface area contributed by atoms with Crippen LogP contribution >= 0.6 is 0 Å². The van der Waals surface area contributed by atoms with E-state index in [1.165, 1.54) is 0 Å². The lowest BCUT2D eigenvalue weighted by Gasteiger charge is -2.19. The van der Waals surface area contributed by atoms with Gasteiger partial charge in [-0.1, -0.05) is 54.6 Å². The van der Waals surface area contributed by atoms with Gasteiger partial charge in [0.1, 0.15) is 6.04 Å². The molecule has 6 nitrogen and oxygen atoms in total. The normalized spacial score (nSPS) is 11.8. The summed E-state index contributed by atoms with van der Waals surface area (Å²) in [4.78, 5) is 26.1. The van der Waals surface area contributed by atoms with E-state index < -0.39 is 6.04 Å². The zero-order valence-corrected chi connectivity index (χ0v) is 16.6. The molecule has 0 spiro atoms. The maximum absolute atomic E-state index is 13.2. The van der Waals surface area contributed by atoms with Crippen molar-refractivity contribution in [3.8, 4) is 0 Å². The van der Waals surface area contributed by atoms with Gasteiger partial charge in [-0.25, -0.2) is 0 Å². The van der Waals surface area contributed by atoms with Crippen molar-refractivity contribution >= 4 is 28.4 Å². The average Bonchev–Trinajstić information content (AvgIpc) is 3.24. The molecule has 4 rings (SSSR count). The van der Waals surface area contributed by atoms with Gasteiger partial charge in [-0.2, -0.15) is 5.10 Å². The minimum atomic E-state index is -0.735. The van der Waals surface area contributed by atoms with Gasteiger partial charge in [-0.15, -0.1) is 0 Å². The Balaban J connectivity index is 1.59. The lowest BCUT2D eigenvalue weighted by Crippen LogP contribution is -2.45. The minimum absolute atomic E-state index is 0.272. The molecule has 0 bridgehead atoms. The van der Waals surface area contributed by atoms with Crippen LogP contribution in [0.3, 0.4) is 0 Å². The first-order chi connectivity index (χ1) is 14.6. The fraction of sp³-hybridized carbons (Fsp3) is 0.125. The number of carbonyl (C=O) groups excluding carboxylic acids is 2. The van der Waals surface area contributed by atoms with Gasteiger partial charge < -0.3 is 10.6 Å². The molecule has 0 saturated carbocycles. The summed E-state index contributed by atoms with van der Waals surface area (Å²) in [6, 6.07) is 21.8. The van der Waals surface area contributed by atoms with Crippen LogP contribution in [0, 0.1) is 6.92 Å². The summed E-state index contributed by atoms with van der Waals surface area (Å²) in [6.45, 7) is 1.88. The lowest BCUT2D eigenvalue weighted by molar-refractivity contribution is -0.118. The second-order valence-electron chi connectivity index (χ2n) is 7.16. The van der Waals surface area contributed by atoms with E-state index in [1.807, 2.05) is 73.7 Å². The Kier molecular flexibility index (Phi) is 5.57. The largest absolute Gasteiger partial charge is 0.340 e. The van der Waals surface area contributed by atoms with Crippen LogP contribution in [0.4, 0.5) is 5.69 Å². The smallest absolute Gasteiger partial charge is 0.252 e. The molecular formula is C24H22N4O2. The molecule has 6 heteroatoms. The Bertz CT molecular complexity index is 1180. The monoisotopic (exact) mass is 398 g/mol. The van der Waals surface area contributed by atoms with Crippen molar-refractivity contribution in [2.45, 2.75) is 19.4 Å². The zero-order valence-electron chi connectivity index (χ0n) is 16.6. The molecule has 0 radical (unpaired) electrons. The van der Waals surface area contributed by atoms with Crippen LogP contribution in [-0.2, 0) is 11.2 Å². The first-order valence-electron chi connectivity index (χ1n) is 9.75. The van der Waals surface area contributed by atoms with Gasteiger partial charge in [0, 0.05) is 17.4 Å². The van der Waals surface area contributed by atoms with Crippen LogP contribution in [0.15, 0.2) is 79.0 Å². The van der Waals surface area contributed by atoms with Gasteiger partial charge >= 0.3 is 0 Å². The van der Waals surface area contributed by atoms with Gasteiger partial charge in [0.2, 0.25) is 5.91 Å². The summed E-state index contributed by atoms with van der Waals surface area (Å²) in [7, 11) is 0. The first-order valence-corrected chi connectivity index (χ1v) is 9.75. The number of benzene rings is 3. The van der Waals surface area contributed by atoms with Gasteiger partial charge in [0.25, 0.3) is 5.91 Å². The molecule has 30 heavy (non-hydrogen) atoms. The Morgan fingerprint density at radius 2 is 1.73 bits per heavy atom. The molecule has 0 aliphatic heterocycles. The summed E-state index contributed by atoms with van der Waals surface area (Å²) in [5.74, 6) is -0.555. The summed E-state index contributed by atoms with van der Waals surface area (Å²) < 4.78 is 0. The van der Waals surface area contributed by atoms with Crippen molar-refractivity contribution in [2.75, 3.05) is 5.32 Å². The molecular weight excluding hydrogens is 376 g/mol. The predicted octanol–water partition coefficient (Wildman–Crippen LogP) is 3.85. The third kappa shape index (κ3) is 4.22. The number of aryl methyl sites for hydroxylation is 1. The number of H-pyrrole nitrogens is 1. The van der Waals surface area contributed by atoms with Gasteiger partial charge in [-0.3, -0.25) is 14.7 Å². The first kappa shape index (κ1) is 19.4. The molecule has 3 aromatic carbocycles. The fourth-order valence-electron chi connectivity index (χ4n) is 3.42. The second-order valence-corrected chi connectivity index (χ2v) is 7.16. The van der Waals surface area contributed by atoms with Crippen LogP contribution in [-0.4, -0.2) is 28.1 Å². The van der Waals surface area contributed by atoms with Crippen molar-refractivity contribution < 1.29 is 9.59 Å². The third-order valence-electron chi connectivity index (χ3n) is 5.04. The topological polar surface area (TPSA) is 86.9 Å². The summed E-state index contributed by atoms with van der Waals surface area (Å²) in [6.07, 6.45) is 2.05. The Morgan fingerprint density at radius 1 is 0.967 bits per heavy atom. The zero-order chi connectivity index (χ0) is 20.9. The molecule has 0 aliphatic rings. The lowest BCUT2D eigenvalue weighted by atomic mass is 10.0. The highest BCUT2D eigenvalue weighted by Crippen LogP contribution is 2.21. The summed E-state index contributed by atoms with van der Waals surface area (Å²) >= 11 is 0. The van der Waals surface area contributed by atoms with Crippen LogP contribution in [0.25, 0.3) is 10.9 Å². The fourth-order valence-corrected chi connectivity index (χ4v) is 3.42. The number of aromatic amines is 1. The number of rotatable bonds is 6. The number of hydrogen-bond acceptors (Lipinski definition) is 3. The number of fused-ring (bicyclic) bond motifs is 1. The second kappa shape index (κ2) is 8.61. The molecule has 0 saturated heterocycles. The summed E-state index contributed by atoms with van der Waals surface area (Å²) in [5, 5.41) is 13.6. The molecule has 4 aromatic rings. The van der Waals surface area contributed by atoms with E-state index in [9.17, 15) is 9.59 Å². The molecule has 0 fully saturated rings. The van der Waals surface area contributed by atoms with E-state index in [0.717, 1.165) is 22.0 Å². The van der Waals surface area contributed by atoms with Crippen LogP contribution < -0.4 is 10.6 Å². The van der Waals surface area contributed by atoms with E-state index >= 15 is 0 Å². The van der Waals surface area contributed by atoms with E-state index in [2.05, 4.69) is 20.8 Å². The number of nitrogens with zero attached hydrogens (tertiary/aromatic N) is 1. The molecule has 1 atom stereocenters. The van der Waals surface area contributed by atoms with E-state index in [-0.39, 0.29) is 11.8 Å². The SMILES string of the molecule is Cc1ccccc1C(=O)NC(Cc1ccccc1)C(=O)Nc1cccc2[nH]ncc12. The number of aromatic nitrogens is 2. The number of anilines is 1. The highest BCUT2D eigenvalue weighted by atomic mass is 16.2. The van der Waals surface area contributed by atoms with Crippen LogP contribution in [0.5, 0.6) is 0 Å². The van der Waals surface area contributed by atoms with Crippen molar-refractivity contribution in [3.63, 3.8) is 0 Å². The maximum Gasteiger partial charge on any atom is 0.252 e. The minimum Gasteiger partial charge on any atom is -0.340 e. The molecule has 1 heterocycles. The van der Waals surface area contributed by atoms with Crippen LogP contribution in [0.2, 0.25) is 0 Å². The molecule has 1 aromatic heterocycles. The van der Waals surface area contributed by atoms with Gasteiger partial charge in [0.15, 0.2) is 0 Å². The maximum atomic E-state index is 13.2. The van der Waals surface area contributed by atoms with E-state index in [1.54, 1.807) is 12.3 Å². The average molecular weight is 398 g/mol. The Morgan fingerprint density at radius 3 is 2.53 bits per heavy atom. The Hall–Kier alpha value is -3.93. The quantitative estimate of drug-likeness (QED) is 0.461. The summed E-state index contributed by atoms with van der Waals surface area (Å²) in [5.41, 5.74) is 3.85. The van der Waals surface area contributed by atoms with Crippen molar-refractivity contribution in [1.29, 1.82) is 0 Å². The van der Waals surface area contributed by atoms with Gasteiger partial charge in [0.05, 0.1) is 17.4 Å². The van der Waals surface area contributed by atoms with Crippen molar-refractivity contribution in [3.05, 3.63) is 95.7 Å². The third-order valence-corrected chi connectivity index (χ3v) is 5.04. The molecule has 150 valence electrons. The van der Waals surface area contributed by atoms with E-state index in [0.29, 0.717) is 17.7 Å². The number of hydrogen-bond donors (Lipinski definition) is 3. The molecule has 2 amide bonds. The van der Waals surface area contributed by atoms with Gasteiger partial charge in [-0.05, 0) is 36.2 Å². The van der Waals surface area contributed by atoms with Crippen molar-refractivity contribution in [2.24, 2.45) is 0 Å². The number of nitrogens with one attached hydrogen (secondary N) is 3. The molecule has 3 N–H and O–H groups in total. The van der Waals surface area contributed by atoms with E-state index in [4.69, 9.17) is 0 Å². The number of amides is 2. The highest BCUT2D eigenvalue weighted by molar-refractivity contribution is 6.05. The predicted molar refractivity (Wildman–Crippen MR) is 117 cm³/mol. The Labute approximate surface area is 174 Å². The molecule has 0 aliphatic carbocycles. The van der Waals surface area contributed by atoms with Crippen molar-refractivity contribution in [1.82, 2.24) is 15.5 Å². The highest BCUT2D eigenvalue weighted by Gasteiger charge is 2.23. The standard InChI is InChI=1S/C24H22N4O2/c1-16-8-5-6-11-18(16)23(29)27-22(14-17-9-3-2-4-10-17)24(30)26-20-12-7-13-21-19(20)15-25-28-21/h2-13,15,22H,14H2,1H3,(H,25,28)(H,26,30)(H,27,29). The number of carbonyl (C=O) groups is 2. The molecule has 1 unspecified atom stereocenters.